The number of hydrogen-bond donors (Lipinski definition) is 1. The molecule has 0 bridgehead atoms. The van der Waals surface area contributed by atoms with E-state index in [2.05, 4.69) is 48.5 Å². The molecule has 2 aromatic rings. The molecule has 2 aliphatic carbocycles. The van der Waals surface area contributed by atoms with Crippen molar-refractivity contribution in [3.63, 3.8) is 0 Å². The van der Waals surface area contributed by atoms with Gasteiger partial charge in [0.15, 0.2) is 0 Å². The van der Waals surface area contributed by atoms with Gasteiger partial charge in [0, 0.05) is 50.7 Å². The van der Waals surface area contributed by atoms with E-state index < -0.39 is 0 Å². The lowest BCUT2D eigenvalue weighted by Crippen LogP contribution is -2.32. The second-order valence-corrected chi connectivity index (χ2v) is 9.85. The summed E-state index contributed by atoms with van der Waals surface area (Å²) < 4.78 is 7.57. The van der Waals surface area contributed by atoms with Gasteiger partial charge in [-0.25, -0.2) is 0 Å². The lowest BCUT2D eigenvalue weighted by molar-refractivity contribution is 0.0545. The Morgan fingerprint density at radius 3 is 2.50 bits per heavy atom. The second-order valence-electron chi connectivity index (χ2n) is 9.85. The maximum absolute atomic E-state index is 5.51. The van der Waals surface area contributed by atoms with Gasteiger partial charge in [-0.2, -0.15) is 5.10 Å². The van der Waals surface area contributed by atoms with Crippen LogP contribution in [0.2, 0.25) is 0 Å². The molecule has 4 fully saturated rings. The van der Waals surface area contributed by atoms with E-state index in [1.54, 1.807) is 0 Å². The molecule has 160 valence electrons. The molecule has 6 rings (SSSR count). The molecule has 2 aliphatic heterocycles. The number of nitrogens with one attached hydrogen (secondary N) is 1. The van der Waals surface area contributed by atoms with Crippen LogP contribution < -0.4 is 5.32 Å². The number of rotatable bonds is 6. The van der Waals surface area contributed by atoms with Crippen molar-refractivity contribution < 1.29 is 4.74 Å². The van der Waals surface area contributed by atoms with Crippen molar-refractivity contribution in [2.45, 2.75) is 50.6 Å². The predicted molar refractivity (Wildman–Crippen MR) is 115 cm³/mol. The summed E-state index contributed by atoms with van der Waals surface area (Å²) in [5, 5.41) is 17.0. The molecular formula is C23H32N6O. The lowest BCUT2D eigenvalue weighted by atomic mass is 10.00. The zero-order chi connectivity index (χ0) is 19.9. The summed E-state index contributed by atoms with van der Waals surface area (Å²) in [5.74, 6) is 3.42. The summed E-state index contributed by atoms with van der Waals surface area (Å²) in [7, 11) is 0. The topological polar surface area (TPSA) is 68.1 Å². The average Bonchev–Trinajstić information content (AvgIpc) is 3.20. The zero-order valence-corrected chi connectivity index (χ0v) is 17.6. The Bertz CT molecular complexity index is 843. The van der Waals surface area contributed by atoms with Crippen LogP contribution >= 0.6 is 0 Å². The van der Waals surface area contributed by atoms with Gasteiger partial charge in [0.05, 0.1) is 17.9 Å². The Balaban J connectivity index is 1.01. The van der Waals surface area contributed by atoms with Crippen LogP contribution in [0, 0.1) is 17.8 Å². The highest BCUT2D eigenvalue weighted by atomic mass is 16.5. The van der Waals surface area contributed by atoms with Gasteiger partial charge in [0.1, 0.15) is 5.82 Å². The molecule has 7 heteroatoms. The van der Waals surface area contributed by atoms with Crippen LogP contribution in [-0.2, 0) is 4.74 Å². The molecule has 4 aliphatic rings. The van der Waals surface area contributed by atoms with Gasteiger partial charge in [0.2, 0.25) is 0 Å². The quantitative estimate of drug-likeness (QED) is 0.792. The van der Waals surface area contributed by atoms with Gasteiger partial charge in [-0.15, -0.1) is 10.2 Å². The number of ether oxygens (including phenoxy) is 1. The molecule has 2 aromatic heterocycles. The van der Waals surface area contributed by atoms with Gasteiger partial charge in [-0.05, 0) is 68.4 Å². The number of likely N-dealkylation sites (tertiary alicyclic amines) is 1. The Hall–Kier alpha value is -1.99. The Labute approximate surface area is 178 Å². The van der Waals surface area contributed by atoms with Crippen molar-refractivity contribution in [1.82, 2.24) is 24.9 Å². The largest absolute Gasteiger partial charge is 0.381 e. The highest BCUT2D eigenvalue weighted by Gasteiger charge is 2.41. The third-order valence-corrected chi connectivity index (χ3v) is 7.52. The first-order valence-electron chi connectivity index (χ1n) is 11.7. The molecule has 3 atom stereocenters. The number of nitrogens with zero attached hydrogens (tertiary/aromatic N) is 5. The van der Waals surface area contributed by atoms with Crippen molar-refractivity contribution in [1.29, 1.82) is 0 Å². The standard InChI is InChI=1S/C23H32N6O/c1-2-21(1)29-15-19(11-24-29)22-3-4-23(27-26-22)25-20-9-17-13-28(14-18(17)10-20)12-16-5-7-30-8-6-16/h3-4,11,15-18,20-21H,1-2,5-10,12-14H2,(H,25,27)/t17-,18+,20+. The van der Waals surface area contributed by atoms with Crippen molar-refractivity contribution in [2.24, 2.45) is 17.8 Å². The van der Waals surface area contributed by atoms with E-state index in [-0.39, 0.29) is 0 Å². The van der Waals surface area contributed by atoms with Gasteiger partial charge in [0.25, 0.3) is 0 Å². The third kappa shape index (κ3) is 3.97. The van der Waals surface area contributed by atoms with Gasteiger partial charge in [-0.3, -0.25) is 4.68 Å². The number of anilines is 1. The molecule has 0 spiro atoms. The summed E-state index contributed by atoms with van der Waals surface area (Å²) in [4.78, 5) is 2.72. The fourth-order valence-electron chi connectivity index (χ4n) is 5.74. The molecule has 7 nitrogen and oxygen atoms in total. The Morgan fingerprint density at radius 2 is 1.80 bits per heavy atom. The van der Waals surface area contributed by atoms with Crippen LogP contribution in [0.15, 0.2) is 24.5 Å². The summed E-state index contributed by atoms with van der Waals surface area (Å²) in [6.07, 6.45) is 11.5. The molecule has 0 amide bonds. The van der Waals surface area contributed by atoms with Gasteiger partial charge < -0.3 is 15.0 Å². The molecule has 0 radical (unpaired) electrons. The maximum Gasteiger partial charge on any atom is 0.148 e. The minimum atomic E-state index is 0.531. The average molecular weight is 409 g/mol. The van der Waals surface area contributed by atoms with Gasteiger partial charge in [-0.1, -0.05) is 0 Å². The fourth-order valence-corrected chi connectivity index (χ4v) is 5.74. The first-order valence-corrected chi connectivity index (χ1v) is 11.7. The molecule has 1 N–H and O–H groups in total. The number of hydrogen-bond acceptors (Lipinski definition) is 6. The normalized spacial score (nSPS) is 29.9. The predicted octanol–water partition coefficient (Wildman–Crippen LogP) is 3.22. The third-order valence-electron chi connectivity index (χ3n) is 7.52. The van der Waals surface area contributed by atoms with E-state index in [9.17, 15) is 0 Å². The van der Waals surface area contributed by atoms with Crippen LogP contribution in [0.25, 0.3) is 11.3 Å². The van der Waals surface area contributed by atoms with Crippen molar-refractivity contribution >= 4 is 5.82 Å². The maximum atomic E-state index is 5.51. The lowest BCUT2D eigenvalue weighted by Gasteiger charge is -2.27. The summed E-state index contributed by atoms with van der Waals surface area (Å²) in [6.45, 7) is 5.74. The summed E-state index contributed by atoms with van der Waals surface area (Å²) >= 11 is 0. The summed E-state index contributed by atoms with van der Waals surface area (Å²) in [6, 6.07) is 5.27. The van der Waals surface area contributed by atoms with Crippen LogP contribution in [0.5, 0.6) is 0 Å². The minimum Gasteiger partial charge on any atom is -0.381 e. The highest BCUT2D eigenvalue weighted by Crippen LogP contribution is 2.40. The van der Waals surface area contributed by atoms with E-state index in [4.69, 9.17) is 4.74 Å². The Morgan fingerprint density at radius 1 is 1.00 bits per heavy atom. The van der Waals surface area contributed by atoms with Gasteiger partial charge >= 0.3 is 0 Å². The van der Waals surface area contributed by atoms with Crippen molar-refractivity contribution in [3.8, 4) is 11.3 Å². The molecular weight excluding hydrogens is 376 g/mol. The molecule has 2 saturated carbocycles. The second kappa shape index (κ2) is 7.93. The first kappa shape index (κ1) is 18.8. The minimum absolute atomic E-state index is 0.531. The zero-order valence-electron chi connectivity index (χ0n) is 17.6. The highest BCUT2D eigenvalue weighted by molar-refractivity contribution is 5.57. The first-order chi connectivity index (χ1) is 14.8. The number of fused-ring (bicyclic) bond motifs is 1. The smallest absolute Gasteiger partial charge is 0.148 e. The van der Waals surface area contributed by atoms with Crippen LogP contribution in [0.4, 0.5) is 5.82 Å². The molecule has 2 saturated heterocycles. The van der Waals surface area contributed by atoms with E-state index in [1.807, 2.05) is 6.20 Å². The van der Waals surface area contributed by atoms with Crippen LogP contribution in [-0.4, -0.2) is 63.8 Å². The molecule has 0 unspecified atom stereocenters. The molecule has 30 heavy (non-hydrogen) atoms. The fraction of sp³-hybridized carbons (Fsp3) is 0.696. The van der Waals surface area contributed by atoms with E-state index >= 15 is 0 Å². The molecule has 4 heterocycles. The van der Waals surface area contributed by atoms with Crippen molar-refractivity contribution in [3.05, 3.63) is 24.5 Å². The number of aromatic nitrogens is 4. The van der Waals surface area contributed by atoms with Crippen molar-refractivity contribution in [2.75, 3.05) is 38.2 Å². The summed E-state index contributed by atoms with van der Waals surface area (Å²) in [5.41, 5.74) is 1.96. The van der Waals surface area contributed by atoms with Crippen LogP contribution in [0.3, 0.4) is 0 Å². The SMILES string of the molecule is c1nn(C2CC2)cc1-c1ccc(N[C@H]2C[C@@H]3CN(CC4CCOCC4)C[C@@H]3C2)nn1. The van der Waals surface area contributed by atoms with E-state index in [1.165, 1.54) is 58.2 Å². The Kier molecular flexibility index (Phi) is 4.96. The van der Waals surface area contributed by atoms with Crippen LogP contribution in [0.1, 0.15) is 44.6 Å². The molecule has 0 aromatic carbocycles. The van der Waals surface area contributed by atoms with E-state index in [0.29, 0.717) is 12.1 Å². The monoisotopic (exact) mass is 408 g/mol. The van der Waals surface area contributed by atoms with E-state index in [0.717, 1.165) is 48.0 Å².